The number of thioether (sulfide) groups is 1. The average molecular weight is 383 g/mol. The van der Waals surface area contributed by atoms with Crippen LogP contribution in [0.2, 0.25) is 0 Å². The average Bonchev–Trinajstić information content (AvgIpc) is 3.31. The Bertz CT molecular complexity index is 1310. The Hall–Kier alpha value is -2.72. The zero-order valence-electron chi connectivity index (χ0n) is 13.9. The molecule has 130 valence electrons. The molecule has 0 N–H and O–H groups in total. The summed E-state index contributed by atoms with van der Waals surface area (Å²) in [4.78, 5) is 26.2. The van der Waals surface area contributed by atoms with Gasteiger partial charge in [-0.3, -0.25) is 9.20 Å². The van der Waals surface area contributed by atoms with Crippen molar-refractivity contribution < 1.29 is 0 Å². The van der Waals surface area contributed by atoms with Crippen LogP contribution in [0.4, 0.5) is 0 Å². The summed E-state index contributed by atoms with van der Waals surface area (Å²) in [5, 5.41) is 5.21. The van der Waals surface area contributed by atoms with Gasteiger partial charge in [0.15, 0.2) is 9.99 Å². The van der Waals surface area contributed by atoms with Gasteiger partial charge >= 0.3 is 0 Å². The molecule has 8 nitrogen and oxygen atoms in total. The lowest BCUT2D eigenvalue weighted by molar-refractivity contribution is 0.635. The fraction of sp³-hybridized carbons (Fsp3) is 0.188. The number of aryl methyl sites for hydroxylation is 1. The van der Waals surface area contributed by atoms with Crippen LogP contribution in [-0.2, 0) is 13.6 Å². The van der Waals surface area contributed by atoms with Crippen molar-refractivity contribution in [1.82, 2.24) is 33.7 Å². The molecule has 5 heterocycles. The third-order valence-electron chi connectivity index (χ3n) is 4.28. The minimum atomic E-state index is -0.147. The Balaban J connectivity index is 1.65. The standard InChI is InChI=1S/C16H13N7OS2/c1-21-11-10(12-13(21)20-16(25-2)26-12)6-18-23(14(11)24)8-9-7-22-5-3-4-17-15(22)19-9/h3-7H,8H2,1-2H3. The molecule has 5 aromatic rings. The Morgan fingerprint density at radius 3 is 3.00 bits per heavy atom. The summed E-state index contributed by atoms with van der Waals surface area (Å²) in [7, 11) is 1.87. The van der Waals surface area contributed by atoms with Gasteiger partial charge in [-0.05, 0) is 12.3 Å². The van der Waals surface area contributed by atoms with E-state index in [1.807, 2.05) is 40.7 Å². The second kappa shape index (κ2) is 5.64. The highest BCUT2D eigenvalue weighted by molar-refractivity contribution is 8.00. The first kappa shape index (κ1) is 15.5. The Morgan fingerprint density at radius 2 is 2.19 bits per heavy atom. The predicted octanol–water partition coefficient (Wildman–Crippen LogP) is 2.16. The highest BCUT2D eigenvalue weighted by Gasteiger charge is 2.18. The smallest absolute Gasteiger partial charge is 0.291 e. The summed E-state index contributed by atoms with van der Waals surface area (Å²) in [5.74, 6) is 0.602. The first-order valence-corrected chi connectivity index (χ1v) is 9.87. The second-order valence-corrected chi connectivity index (χ2v) is 7.88. The molecule has 0 saturated carbocycles. The first-order chi connectivity index (χ1) is 12.7. The molecule has 26 heavy (non-hydrogen) atoms. The van der Waals surface area contributed by atoms with Gasteiger partial charge in [-0.1, -0.05) is 11.8 Å². The maximum absolute atomic E-state index is 13.0. The van der Waals surface area contributed by atoms with Crippen LogP contribution < -0.4 is 5.56 Å². The van der Waals surface area contributed by atoms with Crippen molar-refractivity contribution in [3.8, 4) is 0 Å². The van der Waals surface area contributed by atoms with E-state index >= 15 is 0 Å². The topological polar surface area (TPSA) is 82.9 Å². The zero-order valence-corrected chi connectivity index (χ0v) is 15.6. The van der Waals surface area contributed by atoms with Crippen molar-refractivity contribution in [2.45, 2.75) is 10.9 Å². The van der Waals surface area contributed by atoms with E-state index in [2.05, 4.69) is 20.1 Å². The minimum Gasteiger partial charge on any atom is -0.323 e. The molecule has 5 aromatic heterocycles. The summed E-state index contributed by atoms with van der Waals surface area (Å²) in [5.41, 5.74) is 2.02. The molecular formula is C16H13N7OS2. The van der Waals surface area contributed by atoms with E-state index in [1.54, 1.807) is 35.5 Å². The normalized spacial score (nSPS) is 11.9. The third-order valence-corrected chi connectivity index (χ3v) is 6.34. The lowest BCUT2D eigenvalue weighted by Crippen LogP contribution is -2.24. The molecule has 0 fully saturated rings. The van der Waals surface area contributed by atoms with Crippen LogP contribution in [0.5, 0.6) is 0 Å². The molecule has 0 atom stereocenters. The van der Waals surface area contributed by atoms with Gasteiger partial charge in [-0.25, -0.2) is 19.6 Å². The van der Waals surface area contributed by atoms with E-state index in [4.69, 9.17) is 0 Å². The van der Waals surface area contributed by atoms with Gasteiger partial charge in [-0.2, -0.15) is 5.10 Å². The number of hydrogen-bond acceptors (Lipinski definition) is 7. The molecular weight excluding hydrogens is 370 g/mol. The zero-order chi connectivity index (χ0) is 17.8. The van der Waals surface area contributed by atoms with Gasteiger partial charge in [0.05, 0.1) is 23.1 Å². The fourth-order valence-electron chi connectivity index (χ4n) is 3.08. The summed E-state index contributed by atoms with van der Waals surface area (Å²) in [6.07, 6.45) is 9.16. The molecule has 0 amide bonds. The highest BCUT2D eigenvalue weighted by atomic mass is 32.2. The Morgan fingerprint density at radius 1 is 1.31 bits per heavy atom. The van der Waals surface area contributed by atoms with E-state index in [0.717, 1.165) is 25.8 Å². The number of fused-ring (bicyclic) bond motifs is 4. The first-order valence-electron chi connectivity index (χ1n) is 7.83. The van der Waals surface area contributed by atoms with Crippen LogP contribution in [0.3, 0.4) is 0 Å². The Kier molecular flexibility index (Phi) is 3.37. The van der Waals surface area contributed by atoms with Crippen molar-refractivity contribution in [2.24, 2.45) is 7.05 Å². The van der Waals surface area contributed by atoms with Gasteiger partial charge in [0.25, 0.3) is 5.56 Å². The molecule has 0 spiro atoms. The maximum Gasteiger partial charge on any atom is 0.291 e. The molecule has 0 bridgehead atoms. The number of rotatable bonds is 3. The summed E-state index contributed by atoms with van der Waals surface area (Å²) < 4.78 is 7.09. The highest BCUT2D eigenvalue weighted by Crippen LogP contribution is 2.34. The van der Waals surface area contributed by atoms with Crippen molar-refractivity contribution in [1.29, 1.82) is 0 Å². The van der Waals surface area contributed by atoms with Crippen LogP contribution in [0, 0.1) is 0 Å². The van der Waals surface area contributed by atoms with E-state index in [-0.39, 0.29) is 5.56 Å². The van der Waals surface area contributed by atoms with E-state index in [9.17, 15) is 4.79 Å². The number of imidazole rings is 1. The van der Waals surface area contributed by atoms with Crippen LogP contribution in [-0.4, -0.2) is 40.0 Å². The van der Waals surface area contributed by atoms with Gasteiger partial charge in [0, 0.05) is 31.0 Å². The lowest BCUT2D eigenvalue weighted by Gasteiger charge is -2.03. The molecule has 5 rings (SSSR count). The molecule has 0 saturated heterocycles. The summed E-state index contributed by atoms with van der Waals surface area (Å²) in [6, 6.07) is 1.83. The molecule has 10 heteroatoms. The third kappa shape index (κ3) is 2.19. The molecule has 0 aromatic carbocycles. The SMILES string of the molecule is CSc1nc2c(s1)c1cnn(Cc3cn4cccnc4n3)c(=O)c1n2C. The maximum atomic E-state index is 13.0. The molecule has 0 aliphatic heterocycles. The van der Waals surface area contributed by atoms with Crippen molar-refractivity contribution in [3.05, 3.63) is 46.9 Å². The quantitative estimate of drug-likeness (QED) is 0.444. The minimum absolute atomic E-state index is 0.147. The number of aromatic nitrogens is 7. The van der Waals surface area contributed by atoms with Gasteiger partial charge in [0.1, 0.15) is 5.52 Å². The molecule has 0 aliphatic rings. The van der Waals surface area contributed by atoms with E-state index < -0.39 is 0 Å². The van der Waals surface area contributed by atoms with Gasteiger partial charge in [0.2, 0.25) is 5.78 Å². The number of hydrogen-bond donors (Lipinski definition) is 0. The van der Waals surface area contributed by atoms with Crippen molar-refractivity contribution in [2.75, 3.05) is 6.26 Å². The van der Waals surface area contributed by atoms with Crippen LogP contribution in [0.25, 0.3) is 27.0 Å². The van der Waals surface area contributed by atoms with Crippen molar-refractivity contribution in [3.63, 3.8) is 0 Å². The predicted molar refractivity (Wildman–Crippen MR) is 102 cm³/mol. The number of thiazole rings is 1. The van der Waals surface area contributed by atoms with Gasteiger partial charge < -0.3 is 4.57 Å². The van der Waals surface area contributed by atoms with Gasteiger partial charge in [-0.15, -0.1) is 11.3 Å². The number of nitrogens with zero attached hydrogens (tertiary/aromatic N) is 7. The van der Waals surface area contributed by atoms with Crippen LogP contribution >= 0.6 is 23.1 Å². The molecule has 0 aliphatic carbocycles. The van der Waals surface area contributed by atoms with Crippen molar-refractivity contribution >= 4 is 50.1 Å². The molecule has 0 radical (unpaired) electrons. The largest absolute Gasteiger partial charge is 0.323 e. The van der Waals surface area contributed by atoms with E-state index in [0.29, 0.717) is 17.8 Å². The lowest BCUT2D eigenvalue weighted by atomic mass is 10.3. The fourth-order valence-corrected chi connectivity index (χ4v) is 4.68. The summed E-state index contributed by atoms with van der Waals surface area (Å²) >= 11 is 3.19. The Labute approximate surface area is 155 Å². The second-order valence-electron chi connectivity index (χ2n) is 5.82. The van der Waals surface area contributed by atoms with Crippen LogP contribution in [0.15, 0.2) is 40.0 Å². The summed E-state index contributed by atoms with van der Waals surface area (Å²) in [6.45, 7) is 0.292. The van der Waals surface area contributed by atoms with E-state index in [1.165, 1.54) is 4.68 Å². The molecule has 0 unspecified atom stereocenters. The van der Waals surface area contributed by atoms with Crippen LogP contribution in [0.1, 0.15) is 5.69 Å². The monoisotopic (exact) mass is 383 g/mol.